The van der Waals surface area contributed by atoms with Crippen LogP contribution < -0.4 is 10.9 Å². The number of piperidine rings is 1. The summed E-state index contributed by atoms with van der Waals surface area (Å²) in [4.78, 5) is 25.6. The lowest BCUT2D eigenvalue weighted by Crippen LogP contribution is -2.50. The molecule has 7 nitrogen and oxygen atoms in total. The molecule has 1 N–H and O–H groups in total. The number of aromatic nitrogens is 3. The number of para-hydroxylation sites is 2. The lowest BCUT2D eigenvalue weighted by atomic mass is 9.89. The first kappa shape index (κ1) is 23.2. The third-order valence-corrected chi connectivity index (χ3v) is 8.62. The number of nitriles is 1. The average Bonchev–Trinajstić information content (AvgIpc) is 3.13. The average molecular weight is 483 g/mol. The summed E-state index contributed by atoms with van der Waals surface area (Å²) in [5, 5.41) is 12.6. The van der Waals surface area contributed by atoms with E-state index in [1.54, 1.807) is 18.5 Å². The zero-order valence-corrected chi connectivity index (χ0v) is 20.8. The molecule has 36 heavy (non-hydrogen) atoms. The predicted molar refractivity (Wildman–Crippen MR) is 141 cm³/mol. The molecule has 7 heteroatoms. The Morgan fingerprint density at radius 2 is 1.61 bits per heavy atom. The molecule has 2 aromatic heterocycles. The highest BCUT2D eigenvalue weighted by atomic mass is 16.1. The van der Waals surface area contributed by atoms with Gasteiger partial charge in [0.2, 0.25) is 0 Å². The van der Waals surface area contributed by atoms with E-state index in [1.807, 2.05) is 28.8 Å². The molecular formula is C29H34N6O. The monoisotopic (exact) mass is 482 g/mol. The molecule has 2 bridgehead atoms. The van der Waals surface area contributed by atoms with E-state index in [9.17, 15) is 10.1 Å². The molecule has 3 aromatic rings. The van der Waals surface area contributed by atoms with Crippen LogP contribution >= 0.6 is 0 Å². The molecule has 1 aromatic carbocycles. The van der Waals surface area contributed by atoms with Crippen molar-refractivity contribution in [3.05, 3.63) is 58.6 Å². The molecule has 0 radical (unpaired) electrons. The Morgan fingerprint density at radius 3 is 2.36 bits per heavy atom. The van der Waals surface area contributed by atoms with Gasteiger partial charge in [-0.05, 0) is 56.7 Å². The summed E-state index contributed by atoms with van der Waals surface area (Å²) in [5.41, 5.74) is 2.51. The SMILES string of the molecule is N#Cc1ccncc1Nc1nc2ccccc2n(C2C[C@H]3CC[C@@H](C2)N3C2CCCCCCC2)c1=O. The van der Waals surface area contributed by atoms with Crippen molar-refractivity contribution in [2.24, 2.45) is 0 Å². The van der Waals surface area contributed by atoms with Crippen LogP contribution in [-0.2, 0) is 0 Å². The van der Waals surface area contributed by atoms with Crippen molar-refractivity contribution in [1.82, 2.24) is 19.4 Å². The summed E-state index contributed by atoms with van der Waals surface area (Å²) in [6, 6.07) is 13.7. The molecule has 186 valence electrons. The van der Waals surface area contributed by atoms with Gasteiger partial charge in [0.05, 0.1) is 28.5 Å². The van der Waals surface area contributed by atoms with Crippen molar-refractivity contribution in [1.29, 1.82) is 5.26 Å². The molecule has 3 atom stereocenters. The molecule has 6 rings (SSSR count). The highest BCUT2D eigenvalue weighted by molar-refractivity contribution is 5.77. The van der Waals surface area contributed by atoms with Gasteiger partial charge < -0.3 is 9.88 Å². The first-order chi connectivity index (χ1) is 17.7. The van der Waals surface area contributed by atoms with Crippen molar-refractivity contribution >= 4 is 22.5 Å². The molecule has 1 unspecified atom stereocenters. The Labute approximate surface area is 212 Å². The molecule has 3 fully saturated rings. The van der Waals surface area contributed by atoms with E-state index in [2.05, 4.69) is 26.3 Å². The van der Waals surface area contributed by atoms with E-state index in [-0.39, 0.29) is 17.4 Å². The molecule has 2 aliphatic heterocycles. The van der Waals surface area contributed by atoms with Crippen LogP contribution in [0.4, 0.5) is 11.5 Å². The van der Waals surface area contributed by atoms with Gasteiger partial charge in [0.15, 0.2) is 5.82 Å². The second-order valence-electron chi connectivity index (χ2n) is 10.7. The number of pyridine rings is 1. The molecule has 2 saturated heterocycles. The van der Waals surface area contributed by atoms with Crippen LogP contribution in [0.1, 0.15) is 82.2 Å². The molecule has 3 aliphatic rings. The maximum atomic E-state index is 13.9. The van der Waals surface area contributed by atoms with Gasteiger partial charge in [0, 0.05) is 30.4 Å². The summed E-state index contributed by atoms with van der Waals surface area (Å²) in [7, 11) is 0. The number of fused-ring (bicyclic) bond motifs is 3. The van der Waals surface area contributed by atoms with Crippen LogP contribution in [0.3, 0.4) is 0 Å². The van der Waals surface area contributed by atoms with E-state index in [0.717, 1.165) is 23.9 Å². The number of rotatable bonds is 4. The van der Waals surface area contributed by atoms with E-state index >= 15 is 0 Å². The van der Waals surface area contributed by atoms with Crippen LogP contribution in [0.5, 0.6) is 0 Å². The van der Waals surface area contributed by atoms with Crippen LogP contribution in [0.2, 0.25) is 0 Å². The Kier molecular flexibility index (Phi) is 6.45. The third kappa shape index (κ3) is 4.28. The molecule has 1 saturated carbocycles. The van der Waals surface area contributed by atoms with Crippen molar-refractivity contribution in [2.45, 2.75) is 94.8 Å². The van der Waals surface area contributed by atoms with Crippen molar-refractivity contribution in [2.75, 3.05) is 5.32 Å². The van der Waals surface area contributed by atoms with Crippen molar-refractivity contribution < 1.29 is 0 Å². The maximum Gasteiger partial charge on any atom is 0.294 e. The Morgan fingerprint density at radius 1 is 0.889 bits per heavy atom. The lowest BCUT2D eigenvalue weighted by molar-refractivity contribution is 0.0498. The van der Waals surface area contributed by atoms with Gasteiger partial charge in [-0.2, -0.15) is 5.26 Å². The number of benzene rings is 1. The fourth-order valence-electron chi connectivity index (χ4n) is 7.04. The largest absolute Gasteiger partial charge is 0.333 e. The first-order valence-electron chi connectivity index (χ1n) is 13.6. The summed E-state index contributed by atoms with van der Waals surface area (Å²) in [6.07, 6.45) is 17.2. The summed E-state index contributed by atoms with van der Waals surface area (Å²) >= 11 is 0. The zero-order chi connectivity index (χ0) is 24.5. The van der Waals surface area contributed by atoms with Gasteiger partial charge in [-0.15, -0.1) is 0 Å². The second kappa shape index (κ2) is 10.0. The number of hydrogen-bond donors (Lipinski definition) is 1. The van der Waals surface area contributed by atoms with Gasteiger partial charge in [0.1, 0.15) is 6.07 Å². The molecule has 0 amide bonds. The van der Waals surface area contributed by atoms with Gasteiger partial charge in [-0.3, -0.25) is 14.7 Å². The fourth-order valence-corrected chi connectivity index (χ4v) is 7.04. The van der Waals surface area contributed by atoms with Gasteiger partial charge in [-0.1, -0.05) is 44.2 Å². The zero-order valence-electron chi connectivity index (χ0n) is 20.8. The number of anilines is 2. The first-order valence-corrected chi connectivity index (χ1v) is 13.6. The second-order valence-corrected chi connectivity index (χ2v) is 10.7. The van der Waals surface area contributed by atoms with E-state index < -0.39 is 0 Å². The van der Waals surface area contributed by atoms with Gasteiger partial charge >= 0.3 is 0 Å². The summed E-state index contributed by atoms with van der Waals surface area (Å²) in [5.74, 6) is 0.257. The minimum Gasteiger partial charge on any atom is -0.333 e. The van der Waals surface area contributed by atoms with Crippen LogP contribution in [0.25, 0.3) is 11.0 Å². The predicted octanol–water partition coefficient (Wildman–Crippen LogP) is 5.69. The topological polar surface area (TPSA) is 86.8 Å². The van der Waals surface area contributed by atoms with Crippen LogP contribution in [0.15, 0.2) is 47.5 Å². The quantitative estimate of drug-likeness (QED) is 0.514. The molecular weight excluding hydrogens is 448 g/mol. The van der Waals surface area contributed by atoms with Crippen molar-refractivity contribution in [3.63, 3.8) is 0 Å². The highest BCUT2D eigenvalue weighted by Gasteiger charge is 2.44. The normalized spacial score (nSPS) is 25.2. The summed E-state index contributed by atoms with van der Waals surface area (Å²) < 4.78 is 1.99. The highest BCUT2D eigenvalue weighted by Crippen LogP contribution is 2.44. The smallest absolute Gasteiger partial charge is 0.294 e. The molecule has 0 spiro atoms. The minimum atomic E-state index is -0.120. The third-order valence-electron chi connectivity index (χ3n) is 8.62. The summed E-state index contributed by atoms with van der Waals surface area (Å²) in [6.45, 7) is 0. The lowest BCUT2D eigenvalue weighted by Gasteiger charge is -2.45. The minimum absolute atomic E-state index is 0.120. The van der Waals surface area contributed by atoms with E-state index in [0.29, 0.717) is 29.4 Å². The van der Waals surface area contributed by atoms with E-state index in [4.69, 9.17) is 0 Å². The maximum absolute atomic E-state index is 13.9. The Bertz CT molecular complexity index is 1320. The number of nitrogens with one attached hydrogen (secondary N) is 1. The van der Waals surface area contributed by atoms with E-state index in [1.165, 1.54) is 57.8 Å². The fraction of sp³-hybridized carbons (Fsp3) is 0.517. The van der Waals surface area contributed by atoms with Gasteiger partial charge in [0.25, 0.3) is 5.56 Å². The standard InChI is InChI=1S/C29H34N6O/c30-18-20-14-15-31-19-26(20)33-28-29(36)35(27-11-7-6-10-25(27)32-28)24-16-22-12-13-23(17-24)34(22)21-8-4-2-1-3-5-9-21/h6-7,10-11,14-15,19,21-24H,1-5,8-9,12-13,16-17H2,(H,32,33)/t22-,23+,24?. The molecule has 4 heterocycles. The Balaban J connectivity index is 1.34. The number of hydrogen-bond acceptors (Lipinski definition) is 6. The number of nitrogens with zero attached hydrogens (tertiary/aromatic N) is 5. The van der Waals surface area contributed by atoms with Crippen LogP contribution in [-0.4, -0.2) is 37.6 Å². The van der Waals surface area contributed by atoms with Crippen molar-refractivity contribution in [3.8, 4) is 6.07 Å². The van der Waals surface area contributed by atoms with Gasteiger partial charge in [-0.25, -0.2) is 4.98 Å². The van der Waals surface area contributed by atoms with Crippen LogP contribution in [0, 0.1) is 11.3 Å². The molecule has 1 aliphatic carbocycles. The Hall–Kier alpha value is -3.24.